The molecule has 0 bridgehead atoms. The van der Waals surface area contributed by atoms with Crippen LogP contribution in [0, 0.1) is 33.1 Å². The highest BCUT2D eigenvalue weighted by Crippen LogP contribution is 2.36. The second kappa shape index (κ2) is 8.96. The van der Waals surface area contributed by atoms with Gasteiger partial charge in [0.15, 0.2) is 17.3 Å². The second-order valence-corrected chi connectivity index (χ2v) is 8.20. The number of aromatic nitrogens is 7. The van der Waals surface area contributed by atoms with Gasteiger partial charge in [-0.05, 0) is 49.2 Å². The highest BCUT2D eigenvalue weighted by molar-refractivity contribution is 5.49. The van der Waals surface area contributed by atoms with Crippen molar-refractivity contribution in [1.29, 1.82) is 0 Å². The number of hydrogen-bond acceptors (Lipinski definition) is 8. The molecule has 3 heterocycles. The molecule has 4 rings (SSSR count). The van der Waals surface area contributed by atoms with Crippen molar-refractivity contribution in [2.24, 2.45) is 10.2 Å². The molecule has 166 valence electrons. The quantitative estimate of drug-likeness (QED) is 0.493. The Kier molecular flexibility index (Phi) is 6.10. The maximum absolute atomic E-state index is 5.41. The van der Waals surface area contributed by atoms with Gasteiger partial charge >= 0.3 is 0 Å². The molecule has 0 spiro atoms. The highest BCUT2D eigenvalue weighted by atomic mass is 15.6. The van der Waals surface area contributed by atoms with E-state index in [0.29, 0.717) is 18.8 Å². The molecule has 1 atom stereocenters. The summed E-state index contributed by atoms with van der Waals surface area (Å²) in [6.07, 6.45) is 9.30. The average molecular weight is 433 g/mol. The van der Waals surface area contributed by atoms with E-state index in [9.17, 15) is 0 Å². The van der Waals surface area contributed by atoms with Crippen LogP contribution in [0.5, 0.6) is 0 Å². The van der Waals surface area contributed by atoms with Crippen LogP contribution in [0.3, 0.4) is 0 Å². The van der Waals surface area contributed by atoms with E-state index in [2.05, 4.69) is 87.0 Å². The maximum Gasteiger partial charge on any atom is 0.193 e. The van der Waals surface area contributed by atoms with Crippen LogP contribution in [0.4, 0.5) is 0 Å². The molecule has 1 aromatic carbocycles. The molecule has 0 aliphatic carbocycles. The van der Waals surface area contributed by atoms with Gasteiger partial charge < -0.3 is 9.88 Å². The number of rotatable bonds is 10. The Morgan fingerprint density at radius 2 is 1.84 bits per heavy atom. The predicted octanol–water partition coefficient (Wildman–Crippen LogP) is 2.84. The van der Waals surface area contributed by atoms with Crippen molar-refractivity contribution < 1.29 is 0 Å². The fourth-order valence-electron chi connectivity index (χ4n) is 4.15. The first kappa shape index (κ1) is 21.8. The summed E-state index contributed by atoms with van der Waals surface area (Å²) < 4.78 is 3.79. The average Bonchev–Trinajstić information content (AvgIpc) is 3.14. The van der Waals surface area contributed by atoms with Crippen LogP contribution < -0.4 is 5.32 Å². The first-order valence-corrected chi connectivity index (χ1v) is 10.8. The number of nitrogens with one attached hydrogen (secondary N) is 1. The molecule has 0 amide bonds. The Morgan fingerprint density at radius 3 is 2.50 bits per heavy atom. The van der Waals surface area contributed by atoms with Crippen molar-refractivity contribution >= 4 is 0 Å². The molecule has 1 N–H and O–H groups in total. The van der Waals surface area contributed by atoms with E-state index in [1.54, 1.807) is 11.0 Å². The lowest BCUT2D eigenvalue weighted by Crippen LogP contribution is -2.31. The van der Waals surface area contributed by atoms with Crippen LogP contribution in [0.1, 0.15) is 60.6 Å². The molecule has 1 aliphatic rings. The third-order valence-electron chi connectivity index (χ3n) is 5.77. The molecule has 0 saturated carbocycles. The van der Waals surface area contributed by atoms with Gasteiger partial charge in [-0.1, -0.05) is 17.7 Å². The van der Waals surface area contributed by atoms with Crippen molar-refractivity contribution in [3.63, 3.8) is 0 Å². The molecule has 0 radical (unpaired) electrons. The number of hydrogen-bond donors (Lipinski definition) is 1. The number of tetrazole rings is 1. The van der Waals surface area contributed by atoms with Gasteiger partial charge in [-0.25, -0.2) is 0 Å². The Bertz CT molecular complexity index is 1140. The smallest absolute Gasteiger partial charge is 0.193 e. The lowest BCUT2D eigenvalue weighted by Gasteiger charge is -2.20. The normalized spacial score (nSPS) is 15.0. The standard InChI is InChI=1S/C22H28N10/c1-6-8-9-22(27-28-22)10-11-23-18(20-25-24-14-31(20)7-2)21-26-29-30-32(21)19-16(4)12-15(3)13-17(19)5/h1,12-14,18,23H,7-11H2,2-5H3. The van der Waals surface area contributed by atoms with Gasteiger partial charge in [0.25, 0.3) is 0 Å². The Balaban J connectivity index is 1.65. The number of terminal acetylenes is 1. The van der Waals surface area contributed by atoms with Gasteiger partial charge in [0.1, 0.15) is 12.4 Å². The van der Waals surface area contributed by atoms with Crippen molar-refractivity contribution in [2.75, 3.05) is 6.54 Å². The Labute approximate surface area is 187 Å². The van der Waals surface area contributed by atoms with Crippen molar-refractivity contribution in [3.8, 4) is 18.0 Å². The summed E-state index contributed by atoms with van der Waals surface area (Å²) in [6.45, 7) is 9.67. The summed E-state index contributed by atoms with van der Waals surface area (Å²) in [5.41, 5.74) is 4.03. The number of benzene rings is 1. The van der Waals surface area contributed by atoms with Crippen molar-refractivity contribution in [2.45, 2.75) is 65.2 Å². The molecular weight excluding hydrogens is 404 g/mol. The minimum Gasteiger partial charge on any atom is -0.316 e. The molecule has 3 aromatic rings. The SMILES string of the molecule is C#CCCC1(CCNC(c2nncn2CC)c2nnnn2-c2c(C)cc(C)cc2C)N=N1. The van der Waals surface area contributed by atoms with E-state index in [4.69, 9.17) is 6.42 Å². The lowest BCUT2D eigenvalue weighted by molar-refractivity contribution is 0.447. The minimum absolute atomic E-state index is 0.351. The number of nitrogens with zero attached hydrogens (tertiary/aromatic N) is 9. The fourth-order valence-corrected chi connectivity index (χ4v) is 4.15. The molecule has 10 heteroatoms. The molecule has 0 fully saturated rings. The zero-order chi connectivity index (χ0) is 22.7. The molecule has 1 unspecified atom stereocenters. The molecular formula is C22H28N10. The zero-order valence-electron chi connectivity index (χ0n) is 18.9. The first-order chi connectivity index (χ1) is 15.5. The summed E-state index contributed by atoms with van der Waals surface area (Å²) >= 11 is 0. The van der Waals surface area contributed by atoms with Crippen LogP contribution in [0.15, 0.2) is 28.7 Å². The van der Waals surface area contributed by atoms with E-state index in [-0.39, 0.29) is 11.7 Å². The van der Waals surface area contributed by atoms with Gasteiger partial charge in [0.2, 0.25) is 0 Å². The van der Waals surface area contributed by atoms with Gasteiger partial charge in [-0.15, -0.1) is 27.6 Å². The van der Waals surface area contributed by atoms with Crippen molar-refractivity contribution in [1.82, 2.24) is 40.3 Å². The van der Waals surface area contributed by atoms with Gasteiger partial charge in [-0.3, -0.25) is 0 Å². The predicted molar refractivity (Wildman–Crippen MR) is 119 cm³/mol. The van der Waals surface area contributed by atoms with E-state index >= 15 is 0 Å². The molecule has 2 aromatic heterocycles. The molecule has 1 aliphatic heterocycles. The van der Waals surface area contributed by atoms with Crippen LogP contribution in [-0.4, -0.2) is 47.2 Å². The van der Waals surface area contributed by atoms with E-state index in [1.165, 1.54) is 5.56 Å². The van der Waals surface area contributed by atoms with Crippen LogP contribution in [0.2, 0.25) is 0 Å². The Hall–Kier alpha value is -3.45. The fraction of sp³-hybridized carbons (Fsp3) is 0.500. The van der Waals surface area contributed by atoms with Crippen molar-refractivity contribution in [3.05, 3.63) is 46.8 Å². The lowest BCUT2D eigenvalue weighted by atomic mass is 10.0. The zero-order valence-corrected chi connectivity index (χ0v) is 18.9. The third-order valence-corrected chi connectivity index (χ3v) is 5.77. The van der Waals surface area contributed by atoms with Gasteiger partial charge in [0.05, 0.1) is 5.69 Å². The highest BCUT2D eigenvalue weighted by Gasteiger charge is 2.39. The monoisotopic (exact) mass is 432 g/mol. The van der Waals surface area contributed by atoms with E-state index in [1.807, 2.05) is 4.57 Å². The molecule has 32 heavy (non-hydrogen) atoms. The largest absolute Gasteiger partial charge is 0.316 e. The van der Waals surface area contributed by atoms with Crippen LogP contribution in [0.25, 0.3) is 5.69 Å². The Morgan fingerprint density at radius 1 is 1.09 bits per heavy atom. The summed E-state index contributed by atoms with van der Waals surface area (Å²) in [6, 6.07) is 3.92. The van der Waals surface area contributed by atoms with Gasteiger partial charge in [0, 0.05) is 32.4 Å². The summed E-state index contributed by atoms with van der Waals surface area (Å²) in [5.74, 6) is 4.09. The second-order valence-electron chi connectivity index (χ2n) is 8.20. The topological polar surface area (TPSA) is 111 Å². The van der Waals surface area contributed by atoms with Gasteiger partial charge in [-0.2, -0.15) is 14.9 Å². The molecule has 10 nitrogen and oxygen atoms in total. The van der Waals surface area contributed by atoms with Crippen LogP contribution in [-0.2, 0) is 6.54 Å². The van der Waals surface area contributed by atoms with E-state index < -0.39 is 0 Å². The third kappa shape index (κ3) is 4.29. The summed E-state index contributed by atoms with van der Waals surface area (Å²) in [5, 5.41) is 33.3. The maximum atomic E-state index is 5.41. The van der Waals surface area contributed by atoms with E-state index in [0.717, 1.165) is 42.0 Å². The minimum atomic E-state index is -0.363. The summed E-state index contributed by atoms with van der Waals surface area (Å²) in [7, 11) is 0. The number of aryl methyl sites for hydroxylation is 4. The molecule has 0 saturated heterocycles. The van der Waals surface area contributed by atoms with Crippen LogP contribution >= 0.6 is 0 Å². The first-order valence-electron chi connectivity index (χ1n) is 10.8. The summed E-state index contributed by atoms with van der Waals surface area (Å²) in [4.78, 5) is 0.